The van der Waals surface area contributed by atoms with Crippen LogP contribution in [-0.4, -0.2) is 30.6 Å². The molecule has 186 valence electrons. The molecule has 4 aromatic rings. The van der Waals surface area contributed by atoms with Crippen molar-refractivity contribution >= 4 is 20.2 Å². The van der Waals surface area contributed by atoms with Gasteiger partial charge in [-0.15, -0.1) is 4.57 Å². The first-order valence-corrected chi connectivity index (χ1v) is 13.1. The minimum absolute atomic E-state index is 0.178. The summed E-state index contributed by atoms with van der Waals surface area (Å²) >= 11 is 0. The molecule has 2 aromatic carbocycles. The fourth-order valence-electron chi connectivity index (χ4n) is 2.82. The van der Waals surface area contributed by atoms with Gasteiger partial charge in [0.1, 0.15) is 27.3 Å². The van der Waals surface area contributed by atoms with Crippen molar-refractivity contribution in [2.75, 3.05) is 0 Å². The average Bonchev–Trinajstić information content (AvgIpc) is 3.20. The highest BCUT2D eigenvalue weighted by molar-refractivity contribution is 7.86. The van der Waals surface area contributed by atoms with Crippen LogP contribution in [0.3, 0.4) is 0 Å². The van der Waals surface area contributed by atoms with Gasteiger partial charge in [0.15, 0.2) is 6.20 Å². The molecule has 2 heterocycles. The molecule has 0 radical (unpaired) electrons. The van der Waals surface area contributed by atoms with Crippen LogP contribution in [0.2, 0.25) is 0 Å². The summed E-state index contributed by atoms with van der Waals surface area (Å²) in [5.74, 6) is 1.15. The maximum absolute atomic E-state index is 10.4. The highest BCUT2D eigenvalue weighted by atomic mass is 32.2. The van der Waals surface area contributed by atoms with Crippen LogP contribution in [0, 0.1) is 13.8 Å². The normalized spacial score (nSPS) is 11.0. The topological polar surface area (TPSA) is 127 Å². The standard InChI is InChI=1S/C10H13N3.2C7H8O3S/c1-11-7-4-3-6-10(11)13-9-5-8-12(13)2;2*1-6-2-4-7(5-3-6)11(8,9)10/h3-9H,1-2H3;2*2-5H,1H3,(H,8,9,10)/q+2;;/p-2. The predicted octanol–water partition coefficient (Wildman–Crippen LogP) is 1.92. The Kier molecular flexibility index (Phi) is 9.43. The number of aryl methyl sites for hydroxylation is 4. The van der Waals surface area contributed by atoms with Crippen LogP contribution < -0.4 is 9.25 Å². The van der Waals surface area contributed by atoms with E-state index in [1.807, 2.05) is 69.4 Å². The number of pyridine rings is 1. The lowest BCUT2D eigenvalue weighted by molar-refractivity contribution is -0.813. The molecule has 35 heavy (non-hydrogen) atoms. The summed E-state index contributed by atoms with van der Waals surface area (Å²) in [5.41, 5.74) is 1.86. The summed E-state index contributed by atoms with van der Waals surface area (Å²) in [6, 6.07) is 19.7. The van der Waals surface area contributed by atoms with Crippen molar-refractivity contribution in [3.8, 4) is 5.82 Å². The second-order valence-electron chi connectivity index (χ2n) is 7.61. The molecule has 0 fully saturated rings. The molecule has 0 amide bonds. The Balaban J connectivity index is 0.000000186. The van der Waals surface area contributed by atoms with Crippen LogP contribution in [0.5, 0.6) is 0 Å². The van der Waals surface area contributed by atoms with Crippen molar-refractivity contribution < 1.29 is 35.2 Å². The zero-order chi connectivity index (χ0) is 26.2. The Labute approximate surface area is 206 Å². The summed E-state index contributed by atoms with van der Waals surface area (Å²) < 4.78 is 68.5. The maximum Gasteiger partial charge on any atom is 0.472 e. The van der Waals surface area contributed by atoms with Gasteiger partial charge < -0.3 is 9.11 Å². The van der Waals surface area contributed by atoms with Gasteiger partial charge >= 0.3 is 5.82 Å². The van der Waals surface area contributed by atoms with E-state index in [1.54, 1.807) is 24.3 Å². The van der Waals surface area contributed by atoms with Crippen LogP contribution in [0.1, 0.15) is 11.1 Å². The molecule has 0 unspecified atom stereocenters. The fourth-order valence-corrected chi connectivity index (χ4v) is 3.76. The molecule has 11 heteroatoms. The number of hydrogen-bond acceptors (Lipinski definition) is 6. The number of aromatic nitrogens is 3. The van der Waals surface area contributed by atoms with Crippen LogP contribution in [0.25, 0.3) is 5.82 Å². The number of nitrogens with zero attached hydrogens (tertiary/aromatic N) is 3. The summed E-state index contributed by atoms with van der Waals surface area (Å²) in [5, 5.41) is 0. The van der Waals surface area contributed by atoms with E-state index in [0.717, 1.165) is 16.9 Å². The Morgan fingerprint density at radius 2 is 1.14 bits per heavy atom. The molecule has 0 atom stereocenters. The molecule has 0 saturated heterocycles. The van der Waals surface area contributed by atoms with E-state index >= 15 is 0 Å². The maximum atomic E-state index is 10.4. The van der Waals surface area contributed by atoms with Gasteiger partial charge in [0, 0.05) is 12.1 Å². The minimum atomic E-state index is -4.27. The molecule has 0 aliphatic rings. The Morgan fingerprint density at radius 3 is 1.49 bits per heavy atom. The van der Waals surface area contributed by atoms with Crippen LogP contribution in [-0.2, 0) is 34.3 Å². The van der Waals surface area contributed by atoms with Crippen molar-refractivity contribution in [3.05, 3.63) is 103 Å². The third-order valence-electron chi connectivity index (χ3n) is 4.75. The molecule has 0 saturated carbocycles. The fraction of sp³-hybridized carbons (Fsp3) is 0.167. The SMILES string of the molecule is Cc1ccc(S(=O)(=O)[O-])cc1.Cc1ccc(S(=O)(=O)[O-])cc1.Cn1ccc[n+]1-c1cccc[n+]1C. The Hall–Kier alpha value is -3.38. The van der Waals surface area contributed by atoms with Gasteiger partial charge in [-0.05, 0) is 48.9 Å². The smallest absolute Gasteiger partial charge is 0.472 e. The lowest BCUT2D eigenvalue weighted by Crippen LogP contribution is -2.50. The van der Waals surface area contributed by atoms with Crippen molar-refractivity contribution in [2.45, 2.75) is 23.6 Å². The molecule has 2 aromatic heterocycles. The van der Waals surface area contributed by atoms with Crippen molar-refractivity contribution in [2.24, 2.45) is 14.1 Å². The molecule has 0 N–H and O–H groups in total. The monoisotopic (exact) mass is 517 g/mol. The third kappa shape index (κ3) is 8.72. The molecular weight excluding hydrogens is 490 g/mol. The number of hydrogen-bond donors (Lipinski definition) is 0. The summed E-state index contributed by atoms with van der Waals surface area (Å²) in [7, 11) is -4.48. The number of rotatable bonds is 3. The zero-order valence-electron chi connectivity index (χ0n) is 19.8. The van der Waals surface area contributed by atoms with Crippen molar-refractivity contribution in [3.63, 3.8) is 0 Å². The van der Waals surface area contributed by atoms with Gasteiger partial charge in [0.2, 0.25) is 6.20 Å². The van der Waals surface area contributed by atoms with Gasteiger partial charge in [-0.3, -0.25) is 0 Å². The van der Waals surface area contributed by atoms with Gasteiger partial charge in [0.25, 0.3) is 0 Å². The average molecular weight is 518 g/mol. The lowest BCUT2D eigenvalue weighted by Gasteiger charge is -2.05. The quantitative estimate of drug-likeness (QED) is 0.302. The first kappa shape index (κ1) is 27.9. The van der Waals surface area contributed by atoms with Gasteiger partial charge in [0.05, 0.1) is 29.1 Å². The Morgan fingerprint density at radius 1 is 0.686 bits per heavy atom. The first-order chi connectivity index (χ1) is 16.3. The van der Waals surface area contributed by atoms with E-state index in [1.165, 1.54) is 24.3 Å². The van der Waals surface area contributed by atoms with E-state index < -0.39 is 20.2 Å². The molecule has 9 nitrogen and oxygen atoms in total. The predicted molar refractivity (Wildman–Crippen MR) is 126 cm³/mol. The summed E-state index contributed by atoms with van der Waals surface area (Å²) in [6.07, 6.45) is 6.09. The van der Waals surface area contributed by atoms with E-state index in [-0.39, 0.29) is 9.79 Å². The lowest BCUT2D eigenvalue weighted by atomic mass is 10.2. The molecular formula is C24H27N3O6S2. The van der Waals surface area contributed by atoms with Crippen LogP contribution in [0.15, 0.2) is 101 Å². The third-order valence-corrected chi connectivity index (χ3v) is 6.45. The van der Waals surface area contributed by atoms with Crippen LogP contribution in [0.4, 0.5) is 0 Å². The Bertz CT molecular complexity index is 1390. The van der Waals surface area contributed by atoms with Gasteiger partial charge in [-0.2, -0.15) is 4.68 Å². The summed E-state index contributed by atoms with van der Waals surface area (Å²) in [6.45, 7) is 3.64. The molecule has 0 bridgehead atoms. The van der Waals surface area contributed by atoms with E-state index in [0.29, 0.717) is 0 Å². The van der Waals surface area contributed by atoms with Crippen molar-refractivity contribution in [1.29, 1.82) is 0 Å². The minimum Gasteiger partial charge on any atom is -0.744 e. The molecule has 4 rings (SSSR count). The molecule has 0 spiro atoms. The first-order valence-electron chi connectivity index (χ1n) is 10.3. The van der Waals surface area contributed by atoms with Gasteiger partial charge in [-0.1, -0.05) is 35.4 Å². The van der Waals surface area contributed by atoms with E-state index in [2.05, 4.69) is 15.3 Å². The number of benzene rings is 2. The van der Waals surface area contributed by atoms with E-state index in [4.69, 9.17) is 0 Å². The highest BCUT2D eigenvalue weighted by Gasteiger charge is 2.18. The van der Waals surface area contributed by atoms with Gasteiger partial charge in [-0.25, -0.2) is 16.8 Å². The molecule has 0 aliphatic carbocycles. The van der Waals surface area contributed by atoms with Crippen molar-refractivity contribution in [1.82, 2.24) is 4.68 Å². The largest absolute Gasteiger partial charge is 0.744 e. The van der Waals surface area contributed by atoms with Crippen LogP contribution >= 0.6 is 0 Å². The van der Waals surface area contributed by atoms with E-state index in [9.17, 15) is 25.9 Å². The summed E-state index contributed by atoms with van der Waals surface area (Å²) in [4.78, 5) is -0.355. The highest BCUT2D eigenvalue weighted by Crippen LogP contribution is 2.09. The second-order valence-corrected chi connectivity index (χ2v) is 10.4. The zero-order valence-corrected chi connectivity index (χ0v) is 21.4. The molecule has 0 aliphatic heterocycles. The second kappa shape index (κ2) is 11.8.